The molecular weight excluding hydrogens is 554 g/mol. The summed E-state index contributed by atoms with van der Waals surface area (Å²) < 4.78 is 45.1. The molecule has 4 heterocycles. The van der Waals surface area contributed by atoms with Gasteiger partial charge in [0.1, 0.15) is 23.1 Å². The Morgan fingerprint density at radius 1 is 1.26 bits per heavy atom. The van der Waals surface area contributed by atoms with Gasteiger partial charge in [-0.1, -0.05) is 23.2 Å². The molecule has 1 aromatic carbocycles. The van der Waals surface area contributed by atoms with Crippen molar-refractivity contribution in [1.82, 2.24) is 24.6 Å². The van der Waals surface area contributed by atoms with Crippen molar-refractivity contribution in [3.63, 3.8) is 0 Å². The van der Waals surface area contributed by atoms with Crippen molar-refractivity contribution in [2.45, 2.75) is 44.1 Å². The van der Waals surface area contributed by atoms with E-state index in [0.717, 1.165) is 12.8 Å². The molecule has 3 aromatic rings. The van der Waals surface area contributed by atoms with Crippen molar-refractivity contribution >= 4 is 40.2 Å². The van der Waals surface area contributed by atoms with Gasteiger partial charge < -0.3 is 19.6 Å². The van der Waals surface area contributed by atoms with Crippen LogP contribution in [-0.4, -0.2) is 74.3 Å². The summed E-state index contributed by atoms with van der Waals surface area (Å²) in [6.45, 7) is 4.83. The molecule has 0 bridgehead atoms. The number of carboxylic acids is 1. The van der Waals surface area contributed by atoms with E-state index in [0.29, 0.717) is 59.0 Å². The van der Waals surface area contributed by atoms with E-state index in [9.17, 15) is 18.0 Å². The lowest BCUT2D eigenvalue weighted by atomic mass is 10.1. The van der Waals surface area contributed by atoms with Gasteiger partial charge in [0, 0.05) is 37.4 Å². The van der Waals surface area contributed by atoms with Crippen LogP contribution in [0.2, 0.25) is 10.0 Å². The summed E-state index contributed by atoms with van der Waals surface area (Å²) in [6.07, 6.45) is -1.74. The number of benzene rings is 1. The van der Waals surface area contributed by atoms with E-state index in [2.05, 4.69) is 15.0 Å². The van der Waals surface area contributed by atoms with Gasteiger partial charge in [-0.15, -0.1) is 0 Å². The van der Waals surface area contributed by atoms with Crippen LogP contribution in [0.4, 0.5) is 13.2 Å². The van der Waals surface area contributed by atoms with Crippen molar-refractivity contribution in [3.8, 4) is 5.75 Å². The van der Waals surface area contributed by atoms with Gasteiger partial charge in [-0.05, 0) is 31.9 Å². The Bertz CT molecular complexity index is 1350. The lowest BCUT2D eigenvalue weighted by Gasteiger charge is -2.42. The largest absolute Gasteiger partial charge is 0.490 e. The van der Waals surface area contributed by atoms with Gasteiger partial charge in [0.2, 0.25) is 0 Å². The zero-order chi connectivity index (χ0) is 27.6. The maximum Gasteiger partial charge on any atom is 0.490 e. The number of carbonyl (C=O) groups is 1. The molecule has 2 aromatic heterocycles. The highest BCUT2D eigenvalue weighted by Crippen LogP contribution is 2.32. The number of hydrogen-bond acceptors (Lipinski definition) is 7. The molecule has 2 aliphatic rings. The molecular formula is C23H24Cl2F3N5O5. The highest BCUT2D eigenvalue weighted by molar-refractivity contribution is 6.34. The van der Waals surface area contributed by atoms with Crippen LogP contribution in [0.25, 0.3) is 11.0 Å². The molecule has 206 valence electrons. The number of carboxylic acid groups (broad SMARTS) is 1. The molecule has 5 rings (SSSR count). The van der Waals surface area contributed by atoms with Gasteiger partial charge in [-0.3, -0.25) is 9.69 Å². The highest BCUT2D eigenvalue weighted by atomic mass is 35.5. The predicted molar refractivity (Wildman–Crippen MR) is 132 cm³/mol. The first-order valence-corrected chi connectivity index (χ1v) is 12.4. The first-order chi connectivity index (χ1) is 17.9. The van der Waals surface area contributed by atoms with Crippen molar-refractivity contribution in [2.24, 2.45) is 0 Å². The summed E-state index contributed by atoms with van der Waals surface area (Å²) in [6, 6.07) is 5.32. The SMILES string of the molecule is CC(c1nc2c(cnn2C2CCOCC2)c(=O)[nH]1)N1CC(Oc2cc(Cl)ccc2Cl)C1.O=C(O)C(F)(F)F. The third-order valence-corrected chi connectivity index (χ3v) is 6.81. The van der Waals surface area contributed by atoms with Crippen LogP contribution in [0.3, 0.4) is 0 Å². The number of nitrogens with zero attached hydrogens (tertiary/aromatic N) is 4. The number of aliphatic carboxylic acids is 1. The zero-order valence-corrected chi connectivity index (χ0v) is 21.6. The maximum atomic E-state index is 12.7. The second-order valence-corrected chi connectivity index (χ2v) is 9.71. The minimum absolute atomic E-state index is 0.00152. The van der Waals surface area contributed by atoms with Crippen LogP contribution in [0.1, 0.15) is 37.7 Å². The number of ether oxygens (including phenoxy) is 2. The van der Waals surface area contributed by atoms with Crippen LogP contribution < -0.4 is 10.3 Å². The highest BCUT2D eigenvalue weighted by Gasteiger charge is 2.38. The molecule has 0 radical (unpaired) electrons. The Balaban J connectivity index is 0.000000426. The maximum absolute atomic E-state index is 12.7. The summed E-state index contributed by atoms with van der Waals surface area (Å²) in [4.78, 5) is 31.5. The van der Waals surface area contributed by atoms with Crippen molar-refractivity contribution < 1.29 is 32.5 Å². The van der Waals surface area contributed by atoms with Gasteiger partial charge in [0.25, 0.3) is 5.56 Å². The second-order valence-electron chi connectivity index (χ2n) is 8.87. The van der Waals surface area contributed by atoms with Crippen LogP contribution >= 0.6 is 23.2 Å². The summed E-state index contributed by atoms with van der Waals surface area (Å²) >= 11 is 12.2. The van der Waals surface area contributed by atoms with Gasteiger partial charge in [0.05, 0.1) is 23.3 Å². The van der Waals surface area contributed by atoms with Crippen LogP contribution in [0.15, 0.2) is 29.2 Å². The van der Waals surface area contributed by atoms with E-state index in [-0.39, 0.29) is 23.7 Å². The van der Waals surface area contributed by atoms with Gasteiger partial charge in [-0.25, -0.2) is 14.5 Å². The molecule has 2 fully saturated rings. The Hall–Kier alpha value is -2.87. The van der Waals surface area contributed by atoms with E-state index in [1.54, 1.807) is 24.4 Å². The molecule has 1 atom stereocenters. The number of rotatable bonds is 5. The average Bonchev–Trinajstić information content (AvgIpc) is 3.28. The third kappa shape index (κ3) is 6.40. The summed E-state index contributed by atoms with van der Waals surface area (Å²) in [5, 5.41) is 13.2. The van der Waals surface area contributed by atoms with E-state index in [4.69, 9.17) is 47.6 Å². The fourth-order valence-corrected chi connectivity index (χ4v) is 4.45. The number of alkyl halides is 3. The van der Waals surface area contributed by atoms with E-state index >= 15 is 0 Å². The number of fused-ring (bicyclic) bond motifs is 1. The zero-order valence-electron chi connectivity index (χ0n) is 20.0. The third-order valence-electron chi connectivity index (χ3n) is 6.27. The van der Waals surface area contributed by atoms with Crippen molar-refractivity contribution in [2.75, 3.05) is 26.3 Å². The van der Waals surface area contributed by atoms with E-state index in [1.165, 1.54) is 0 Å². The van der Waals surface area contributed by atoms with Crippen LogP contribution in [0, 0.1) is 0 Å². The fraction of sp³-hybridized carbons (Fsp3) is 0.478. The normalized spacial score (nSPS) is 17.9. The molecule has 1 unspecified atom stereocenters. The minimum Gasteiger partial charge on any atom is -0.486 e. The summed E-state index contributed by atoms with van der Waals surface area (Å²) in [5.74, 6) is -1.54. The Morgan fingerprint density at radius 2 is 1.92 bits per heavy atom. The molecule has 0 saturated carbocycles. The molecule has 2 aliphatic heterocycles. The van der Waals surface area contributed by atoms with Gasteiger partial charge >= 0.3 is 12.1 Å². The monoisotopic (exact) mass is 577 g/mol. The van der Waals surface area contributed by atoms with Gasteiger partial charge in [-0.2, -0.15) is 18.3 Å². The van der Waals surface area contributed by atoms with E-state index < -0.39 is 12.1 Å². The van der Waals surface area contributed by atoms with Crippen LogP contribution in [-0.2, 0) is 9.53 Å². The van der Waals surface area contributed by atoms with E-state index in [1.807, 2.05) is 11.6 Å². The van der Waals surface area contributed by atoms with Crippen molar-refractivity contribution in [3.05, 3.63) is 50.6 Å². The topological polar surface area (TPSA) is 123 Å². The van der Waals surface area contributed by atoms with Crippen LogP contribution in [0.5, 0.6) is 5.75 Å². The molecule has 15 heteroatoms. The first kappa shape index (κ1) is 28.1. The molecule has 0 aliphatic carbocycles. The summed E-state index contributed by atoms with van der Waals surface area (Å²) in [5.41, 5.74) is 0.473. The number of likely N-dealkylation sites (tertiary alicyclic amines) is 1. The van der Waals surface area contributed by atoms with Crippen molar-refractivity contribution in [1.29, 1.82) is 0 Å². The fourth-order valence-electron chi connectivity index (χ4n) is 4.13. The lowest BCUT2D eigenvalue weighted by Crippen LogP contribution is -2.54. The number of nitrogens with one attached hydrogen (secondary N) is 1. The summed E-state index contributed by atoms with van der Waals surface area (Å²) in [7, 11) is 0. The number of aromatic nitrogens is 4. The van der Waals surface area contributed by atoms with Gasteiger partial charge in [0.15, 0.2) is 5.65 Å². The smallest absolute Gasteiger partial charge is 0.486 e. The average molecular weight is 578 g/mol. The number of hydrogen-bond donors (Lipinski definition) is 2. The molecule has 38 heavy (non-hydrogen) atoms. The standard InChI is InChI=1S/C21H23Cl2N5O3.C2HF3O2/c1-12(27-10-15(11-27)31-18-8-13(22)2-3-17(18)23)19-25-20-16(21(29)26-19)9-24-28(20)14-4-6-30-7-5-14;3-2(4,5)1(6)7/h2-3,8-9,12,14-15H,4-7,10-11H2,1H3,(H,25,26,29);(H,6,7). The molecule has 0 amide bonds. The Labute approximate surface area is 224 Å². The molecule has 10 nitrogen and oxygen atoms in total. The molecule has 2 saturated heterocycles. The molecule has 2 N–H and O–H groups in total. The molecule has 0 spiro atoms. The quantitative estimate of drug-likeness (QED) is 0.461. The number of H-pyrrole nitrogens is 1. The Morgan fingerprint density at radius 3 is 2.55 bits per heavy atom. The lowest BCUT2D eigenvalue weighted by molar-refractivity contribution is -0.192. The number of aromatic amines is 1. The Kier molecular flexibility index (Phi) is 8.50. The first-order valence-electron chi connectivity index (χ1n) is 11.6. The predicted octanol–water partition coefficient (Wildman–Crippen LogP) is 4.24. The number of halogens is 5. The second kappa shape index (κ2) is 11.5. The minimum atomic E-state index is -5.08.